The van der Waals surface area contributed by atoms with Crippen LogP contribution in [-0.4, -0.2) is 22.2 Å². The second-order valence-corrected chi connectivity index (χ2v) is 7.33. The van der Waals surface area contributed by atoms with E-state index in [1.807, 2.05) is 79.0 Å². The molecule has 1 amide bonds. The van der Waals surface area contributed by atoms with Gasteiger partial charge < -0.3 is 10.6 Å². The molecule has 4 rings (SSSR count). The number of hydrogen-bond donors (Lipinski definition) is 2. The van der Waals surface area contributed by atoms with Crippen molar-refractivity contribution in [3.8, 4) is 11.8 Å². The molecule has 0 radical (unpaired) electrons. The fourth-order valence-electron chi connectivity index (χ4n) is 3.43. The Kier molecular flexibility index (Phi) is 6.71. The number of para-hydroxylation sites is 1. The maximum absolute atomic E-state index is 13.1. The van der Waals surface area contributed by atoms with Crippen molar-refractivity contribution in [3.63, 3.8) is 0 Å². The summed E-state index contributed by atoms with van der Waals surface area (Å²) in [5.41, 5.74) is 3.55. The number of rotatable bonds is 8. The number of nitriles is 1. The normalized spacial score (nSPS) is 11.5. The summed E-state index contributed by atoms with van der Waals surface area (Å²) < 4.78 is 1.73. The molecular weight excluding hydrogens is 398 g/mol. The molecule has 0 fully saturated rings. The van der Waals surface area contributed by atoms with Crippen LogP contribution in [0.25, 0.3) is 5.69 Å². The summed E-state index contributed by atoms with van der Waals surface area (Å²) in [4.78, 5) is 13.1. The third-order valence-corrected chi connectivity index (χ3v) is 5.10. The molecule has 158 valence electrons. The maximum Gasteiger partial charge on any atom is 0.247 e. The fraction of sp³-hybridized carbons (Fsp3) is 0.115. The molecule has 0 saturated heterocycles. The van der Waals surface area contributed by atoms with Gasteiger partial charge >= 0.3 is 0 Å². The largest absolute Gasteiger partial charge is 0.308 e. The van der Waals surface area contributed by atoms with E-state index < -0.39 is 6.04 Å². The standard InChI is InChI=1S/C26H23N5O/c27-19-21-13-11-20(12-14-21)15-17-28-25(22-7-3-1-4-8-22)26(32)29-24-16-18-31(30-24)23-9-5-2-6-10-23/h1-14,16,18,25,28H,15,17H2,(H,29,30,32)/t25-/m0/s1. The molecule has 6 heteroatoms. The summed E-state index contributed by atoms with van der Waals surface area (Å²) in [7, 11) is 0. The Balaban J connectivity index is 1.43. The quantitative estimate of drug-likeness (QED) is 0.445. The summed E-state index contributed by atoms with van der Waals surface area (Å²) in [6.45, 7) is 0.608. The van der Waals surface area contributed by atoms with Crippen molar-refractivity contribution in [1.29, 1.82) is 5.26 Å². The zero-order valence-corrected chi connectivity index (χ0v) is 17.5. The Labute approximate surface area is 187 Å². The number of carbonyl (C=O) groups excluding carboxylic acids is 1. The summed E-state index contributed by atoms with van der Waals surface area (Å²) in [6, 6.07) is 30.2. The van der Waals surface area contributed by atoms with Gasteiger partial charge in [0.05, 0.1) is 17.3 Å². The smallest absolute Gasteiger partial charge is 0.247 e. The molecule has 1 atom stereocenters. The number of carbonyl (C=O) groups is 1. The molecule has 1 aromatic heterocycles. The van der Waals surface area contributed by atoms with Crippen LogP contribution in [0.1, 0.15) is 22.7 Å². The first kappa shape index (κ1) is 21.0. The highest BCUT2D eigenvalue weighted by Crippen LogP contribution is 2.17. The van der Waals surface area contributed by atoms with Gasteiger partial charge in [-0.1, -0.05) is 60.7 Å². The van der Waals surface area contributed by atoms with Crippen molar-refractivity contribution in [2.75, 3.05) is 11.9 Å². The average Bonchev–Trinajstić information content (AvgIpc) is 3.31. The molecule has 0 unspecified atom stereocenters. The van der Waals surface area contributed by atoms with Gasteiger partial charge in [0.1, 0.15) is 6.04 Å². The number of nitrogens with one attached hydrogen (secondary N) is 2. The first-order valence-corrected chi connectivity index (χ1v) is 10.4. The molecular formula is C26H23N5O. The van der Waals surface area contributed by atoms with Gasteiger partial charge in [-0.25, -0.2) is 4.68 Å². The fourth-order valence-corrected chi connectivity index (χ4v) is 3.43. The van der Waals surface area contributed by atoms with Crippen LogP contribution < -0.4 is 10.6 Å². The molecule has 2 N–H and O–H groups in total. The van der Waals surface area contributed by atoms with Crippen molar-refractivity contribution < 1.29 is 4.79 Å². The number of hydrogen-bond acceptors (Lipinski definition) is 4. The molecule has 0 aliphatic carbocycles. The lowest BCUT2D eigenvalue weighted by Gasteiger charge is -2.18. The van der Waals surface area contributed by atoms with Crippen molar-refractivity contribution >= 4 is 11.7 Å². The number of benzene rings is 3. The molecule has 0 aliphatic heterocycles. The first-order valence-electron chi connectivity index (χ1n) is 10.4. The molecule has 0 aliphatic rings. The SMILES string of the molecule is N#Cc1ccc(CCN[C@H](C(=O)Nc2ccn(-c3ccccc3)n2)c2ccccc2)cc1. The van der Waals surface area contributed by atoms with E-state index in [9.17, 15) is 4.79 Å². The zero-order valence-electron chi connectivity index (χ0n) is 17.5. The van der Waals surface area contributed by atoms with Crippen molar-refractivity contribution in [3.05, 3.63) is 114 Å². The zero-order chi connectivity index (χ0) is 22.2. The minimum Gasteiger partial charge on any atom is -0.308 e. The van der Waals surface area contributed by atoms with Crippen LogP contribution in [0.2, 0.25) is 0 Å². The Hall–Kier alpha value is -4.21. The summed E-state index contributed by atoms with van der Waals surface area (Å²) in [5, 5.41) is 19.7. The first-order chi connectivity index (χ1) is 15.7. The molecule has 3 aromatic carbocycles. The van der Waals surface area contributed by atoms with Crippen LogP contribution in [0.15, 0.2) is 97.2 Å². The van der Waals surface area contributed by atoms with E-state index in [4.69, 9.17) is 5.26 Å². The lowest BCUT2D eigenvalue weighted by molar-refractivity contribution is -0.118. The van der Waals surface area contributed by atoms with Crippen LogP contribution in [0.5, 0.6) is 0 Å². The monoisotopic (exact) mass is 421 g/mol. The van der Waals surface area contributed by atoms with Crippen molar-refractivity contribution in [2.45, 2.75) is 12.5 Å². The highest BCUT2D eigenvalue weighted by atomic mass is 16.2. The van der Waals surface area contributed by atoms with Crippen LogP contribution >= 0.6 is 0 Å². The van der Waals surface area contributed by atoms with Gasteiger partial charge in [0.15, 0.2) is 5.82 Å². The highest BCUT2D eigenvalue weighted by molar-refractivity contribution is 5.94. The molecule has 1 heterocycles. The number of amides is 1. The third-order valence-electron chi connectivity index (χ3n) is 5.10. The topological polar surface area (TPSA) is 82.7 Å². The second-order valence-electron chi connectivity index (χ2n) is 7.33. The van der Waals surface area contributed by atoms with Gasteiger partial charge in [0.25, 0.3) is 0 Å². The third kappa shape index (κ3) is 5.28. The average molecular weight is 422 g/mol. The van der Waals surface area contributed by atoms with E-state index in [1.165, 1.54) is 0 Å². The lowest BCUT2D eigenvalue weighted by atomic mass is 10.1. The van der Waals surface area contributed by atoms with Gasteiger partial charge in [0.2, 0.25) is 5.91 Å². The maximum atomic E-state index is 13.1. The Bertz CT molecular complexity index is 1190. The predicted molar refractivity (Wildman–Crippen MR) is 124 cm³/mol. The molecule has 6 nitrogen and oxygen atoms in total. The van der Waals surface area contributed by atoms with E-state index >= 15 is 0 Å². The van der Waals surface area contributed by atoms with Crippen molar-refractivity contribution in [2.24, 2.45) is 0 Å². The Morgan fingerprint density at radius 1 is 0.938 bits per heavy atom. The van der Waals surface area contributed by atoms with E-state index in [1.54, 1.807) is 22.9 Å². The summed E-state index contributed by atoms with van der Waals surface area (Å²) in [5.74, 6) is 0.322. The van der Waals surface area contributed by atoms with Crippen LogP contribution in [0.4, 0.5) is 5.82 Å². The minimum atomic E-state index is -0.517. The summed E-state index contributed by atoms with van der Waals surface area (Å²) in [6.07, 6.45) is 2.56. The summed E-state index contributed by atoms with van der Waals surface area (Å²) >= 11 is 0. The Morgan fingerprint density at radius 3 is 2.31 bits per heavy atom. The van der Waals surface area contributed by atoms with E-state index in [2.05, 4.69) is 21.8 Å². The van der Waals surface area contributed by atoms with Crippen LogP contribution in [0, 0.1) is 11.3 Å². The van der Waals surface area contributed by atoms with Gasteiger partial charge in [-0.15, -0.1) is 0 Å². The Morgan fingerprint density at radius 2 is 1.62 bits per heavy atom. The minimum absolute atomic E-state index is 0.172. The van der Waals surface area contributed by atoms with E-state index in [-0.39, 0.29) is 5.91 Å². The molecule has 0 spiro atoms. The molecule has 0 saturated carbocycles. The van der Waals surface area contributed by atoms with E-state index in [0.717, 1.165) is 23.2 Å². The van der Waals surface area contributed by atoms with Gasteiger partial charge in [0, 0.05) is 18.8 Å². The lowest BCUT2D eigenvalue weighted by Crippen LogP contribution is -2.34. The van der Waals surface area contributed by atoms with Gasteiger partial charge in [-0.05, 0) is 41.8 Å². The predicted octanol–water partition coefficient (Wildman–Crippen LogP) is 4.26. The number of nitrogens with zero attached hydrogens (tertiary/aromatic N) is 3. The van der Waals surface area contributed by atoms with Crippen molar-refractivity contribution in [1.82, 2.24) is 15.1 Å². The molecule has 4 aromatic rings. The van der Waals surface area contributed by atoms with Gasteiger partial charge in [-0.2, -0.15) is 10.4 Å². The number of anilines is 1. The molecule has 0 bridgehead atoms. The van der Waals surface area contributed by atoms with Crippen LogP contribution in [0.3, 0.4) is 0 Å². The van der Waals surface area contributed by atoms with Crippen LogP contribution in [-0.2, 0) is 11.2 Å². The van der Waals surface area contributed by atoms with Gasteiger partial charge in [-0.3, -0.25) is 4.79 Å². The number of aromatic nitrogens is 2. The van der Waals surface area contributed by atoms with E-state index in [0.29, 0.717) is 17.9 Å². The highest BCUT2D eigenvalue weighted by Gasteiger charge is 2.20. The molecule has 32 heavy (non-hydrogen) atoms. The second kappa shape index (κ2) is 10.2.